The van der Waals surface area contributed by atoms with Crippen molar-refractivity contribution in [2.24, 2.45) is 12.7 Å². The lowest BCUT2D eigenvalue weighted by molar-refractivity contribution is 0.0600. The number of amides is 2. The van der Waals surface area contributed by atoms with Crippen LogP contribution >= 0.6 is 0 Å². The molecule has 0 saturated carbocycles. The van der Waals surface area contributed by atoms with Crippen LogP contribution in [0.25, 0.3) is 0 Å². The lowest BCUT2D eigenvalue weighted by Gasteiger charge is -2.16. The van der Waals surface area contributed by atoms with E-state index in [2.05, 4.69) is 25.3 Å². The fraction of sp³-hybridized carbons (Fsp3) is 0.529. The summed E-state index contributed by atoms with van der Waals surface area (Å²) in [5.74, 6) is -0.271. The maximum atomic E-state index is 12.2. The van der Waals surface area contributed by atoms with E-state index in [1.165, 1.54) is 12.3 Å². The largest absolute Gasteiger partial charge is 0.444 e. The van der Waals surface area contributed by atoms with Crippen LogP contribution in [-0.2, 0) is 16.4 Å². The molecule has 0 aromatic carbocycles. The van der Waals surface area contributed by atoms with Crippen molar-refractivity contribution >= 4 is 17.8 Å². The predicted molar refractivity (Wildman–Crippen MR) is 98.1 cm³/mol. The highest BCUT2D eigenvalue weighted by atomic mass is 16.6. The van der Waals surface area contributed by atoms with Gasteiger partial charge in [0.1, 0.15) is 11.3 Å². The lowest BCUT2D eigenvalue weighted by Crippen LogP contribution is -2.27. The van der Waals surface area contributed by atoms with E-state index in [1.807, 2.05) is 0 Å². The normalized spacial score (nSPS) is 18.5. The summed E-state index contributed by atoms with van der Waals surface area (Å²) in [6, 6.07) is 3.03. The summed E-state index contributed by atoms with van der Waals surface area (Å²) >= 11 is 0. The number of hydrogen-bond acceptors (Lipinski definition) is 6. The maximum Gasteiger partial charge on any atom is 0.405 e. The molecular formula is C17H26N6O4. The molecule has 1 atom stereocenters. The van der Waals surface area contributed by atoms with Gasteiger partial charge < -0.3 is 20.5 Å². The highest BCUT2D eigenvalue weighted by molar-refractivity contribution is 6.02. The van der Waals surface area contributed by atoms with Gasteiger partial charge in [0.2, 0.25) is 0 Å². The van der Waals surface area contributed by atoms with Gasteiger partial charge in [0.25, 0.3) is 5.91 Å². The molecule has 3 rings (SSSR count). The average molecular weight is 381 g/mol. The van der Waals surface area contributed by atoms with Gasteiger partial charge in [-0.05, 0) is 39.7 Å². The van der Waals surface area contributed by atoms with Gasteiger partial charge in [-0.1, -0.05) is 0 Å². The van der Waals surface area contributed by atoms with Gasteiger partial charge in [0, 0.05) is 30.0 Å². The molecule has 1 aliphatic heterocycles. The van der Waals surface area contributed by atoms with E-state index in [0.717, 1.165) is 18.5 Å². The van der Waals surface area contributed by atoms with Crippen LogP contribution in [0.2, 0.25) is 0 Å². The molecule has 148 valence electrons. The Hall–Kier alpha value is -2.88. The van der Waals surface area contributed by atoms with Crippen LogP contribution in [0.4, 0.5) is 10.6 Å². The minimum atomic E-state index is -2.51. The molecule has 0 radical (unpaired) electrons. The second-order valence-electron chi connectivity index (χ2n) is 6.83. The molecule has 0 aliphatic carbocycles. The Labute approximate surface area is 161 Å². The minimum Gasteiger partial charge on any atom is -0.444 e. The first-order valence-electron chi connectivity index (χ1n) is 9.88. The first-order chi connectivity index (χ1) is 13.9. The fourth-order valence-electron chi connectivity index (χ4n) is 2.35. The number of ether oxygens (including phenoxy) is 2. The fourth-order valence-corrected chi connectivity index (χ4v) is 2.35. The van der Waals surface area contributed by atoms with Crippen LogP contribution in [0, 0.1) is 0 Å². The average Bonchev–Trinajstić information content (AvgIpc) is 3.33. The summed E-state index contributed by atoms with van der Waals surface area (Å²) in [6.45, 7) is 3.49. The van der Waals surface area contributed by atoms with Crippen LogP contribution in [0.5, 0.6) is 0 Å². The van der Waals surface area contributed by atoms with Gasteiger partial charge >= 0.3 is 6.09 Å². The zero-order valence-corrected chi connectivity index (χ0v) is 15.5. The van der Waals surface area contributed by atoms with E-state index in [1.54, 1.807) is 26.8 Å². The Bertz CT molecular complexity index is 865. The van der Waals surface area contributed by atoms with Crippen molar-refractivity contribution in [3.63, 3.8) is 0 Å². The predicted octanol–water partition coefficient (Wildman–Crippen LogP) is 2.13. The molecule has 3 heterocycles. The summed E-state index contributed by atoms with van der Waals surface area (Å²) in [5, 5.41) is 13.0. The number of anilines is 1. The van der Waals surface area contributed by atoms with Gasteiger partial charge in [0.15, 0.2) is 5.82 Å². The van der Waals surface area contributed by atoms with Crippen LogP contribution in [0.3, 0.4) is 0 Å². The van der Waals surface area contributed by atoms with E-state index in [-0.39, 0.29) is 11.8 Å². The van der Waals surface area contributed by atoms with E-state index in [0.29, 0.717) is 17.1 Å². The number of H-pyrrole nitrogens is 1. The number of nitrogens with one attached hydrogen (secondary N) is 2. The topological polar surface area (TPSA) is 137 Å². The Morgan fingerprint density at radius 3 is 2.85 bits per heavy atom. The Morgan fingerprint density at radius 1 is 1.52 bits per heavy atom. The third-order valence-electron chi connectivity index (χ3n) is 3.40. The highest BCUT2D eigenvalue weighted by Crippen LogP contribution is 2.28. The van der Waals surface area contributed by atoms with Gasteiger partial charge in [-0.25, -0.2) is 4.79 Å². The molecule has 4 N–H and O–H groups in total. The molecule has 0 bridgehead atoms. The zero-order chi connectivity index (χ0) is 22.5. The van der Waals surface area contributed by atoms with Crippen molar-refractivity contribution < 1.29 is 23.2 Å². The Balaban J connectivity index is 0.000000343. The maximum absolute atomic E-state index is 12.2. The molecule has 27 heavy (non-hydrogen) atoms. The molecule has 2 aromatic heterocycles. The van der Waals surface area contributed by atoms with Gasteiger partial charge in [-0.2, -0.15) is 10.2 Å². The lowest BCUT2D eigenvalue weighted by atomic mass is 10.2. The number of aromatic nitrogens is 4. The van der Waals surface area contributed by atoms with E-state index >= 15 is 0 Å². The molecule has 1 saturated heterocycles. The third kappa shape index (κ3) is 6.41. The van der Waals surface area contributed by atoms with Crippen LogP contribution in [0.1, 0.15) is 60.0 Å². The van der Waals surface area contributed by atoms with Crippen molar-refractivity contribution in [1.29, 1.82) is 0 Å². The van der Waals surface area contributed by atoms with E-state index in [4.69, 9.17) is 14.6 Å². The number of hydrogen-bond donors (Lipinski definition) is 3. The number of rotatable bonds is 3. The van der Waals surface area contributed by atoms with E-state index < -0.39 is 24.6 Å². The number of aryl methyl sites for hydroxylation is 1. The Kier molecular flexibility index (Phi) is 5.24. The van der Waals surface area contributed by atoms with Crippen LogP contribution in [0.15, 0.2) is 18.3 Å². The number of primary amides is 1. The molecule has 10 nitrogen and oxygen atoms in total. The van der Waals surface area contributed by atoms with Crippen molar-refractivity contribution in [1.82, 2.24) is 20.0 Å². The molecule has 0 spiro atoms. The van der Waals surface area contributed by atoms with Crippen LogP contribution < -0.4 is 11.1 Å². The molecule has 1 aliphatic rings. The number of carbonyl (C=O) groups is 2. The monoisotopic (exact) mass is 381 g/mol. The quantitative estimate of drug-likeness (QED) is 0.745. The van der Waals surface area contributed by atoms with Gasteiger partial charge in [-0.15, -0.1) is 0 Å². The number of carbonyl (C=O) groups excluding carboxylic acids is 2. The molecule has 1 fully saturated rings. The third-order valence-corrected chi connectivity index (χ3v) is 3.40. The van der Waals surface area contributed by atoms with Crippen molar-refractivity contribution in [3.05, 3.63) is 29.7 Å². The van der Waals surface area contributed by atoms with E-state index in [9.17, 15) is 9.59 Å². The summed E-state index contributed by atoms with van der Waals surface area (Å²) in [5.41, 5.74) is 5.00. The SMILES string of the molecule is CC(C)(C)OC(N)=O.[2H]C([2H])([2H])n1nccc1C(=O)Nc1cc(C2CCCO2)[nH]n1. The molecule has 2 aromatic rings. The second kappa shape index (κ2) is 8.67. The van der Waals surface area contributed by atoms with Crippen molar-refractivity contribution in [2.45, 2.75) is 45.3 Å². The first kappa shape index (κ1) is 16.3. The summed E-state index contributed by atoms with van der Waals surface area (Å²) < 4.78 is 32.8. The zero-order valence-electron chi connectivity index (χ0n) is 18.5. The summed E-state index contributed by atoms with van der Waals surface area (Å²) in [7, 11) is 0. The van der Waals surface area contributed by atoms with Crippen LogP contribution in [-0.4, -0.2) is 44.2 Å². The summed E-state index contributed by atoms with van der Waals surface area (Å²) in [6.07, 6.45) is 2.40. The molecule has 10 heteroatoms. The second-order valence-corrected chi connectivity index (χ2v) is 6.83. The highest BCUT2D eigenvalue weighted by Gasteiger charge is 2.20. The first-order valence-corrected chi connectivity index (χ1v) is 8.38. The standard InChI is InChI=1S/C12H15N5O2.C5H11NO2/c1-17-9(4-5-13-17)12(18)14-11-7-8(15-16-11)10-3-2-6-19-10;1-5(2,3)8-4(6)7/h4-5,7,10H,2-3,6H2,1H3,(H2,14,15,16,18);1-3H3,(H2,6,7)/i1D3;. The number of aromatic amines is 1. The van der Waals surface area contributed by atoms with Gasteiger partial charge in [-0.3, -0.25) is 14.6 Å². The van der Waals surface area contributed by atoms with Crippen molar-refractivity contribution in [2.75, 3.05) is 11.9 Å². The summed E-state index contributed by atoms with van der Waals surface area (Å²) in [4.78, 5) is 22.2. The molecule has 2 amide bonds. The van der Waals surface area contributed by atoms with Gasteiger partial charge in [0.05, 0.1) is 11.8 Å². The molecule has 1 unspecified atom stereocenters. The number of nitrogens with zero attached hydrogens (tertiary/aromatic N) is 3. The van der Waals surface area contributed by atoms with Crippen molar-refractivity contribution in [3.8, 4) is 0 Å². The smallest absolute Gasteiger partial charge is 0.405 e. The Morgan fingerprint density at radius 2 is 2.30 bits per heavy atom. The number of nitrogens with two attached hydrogens (primary N) is 1. The minimum absolute atomic E-state index is 0.0361. The molecular weight excluding hydrogens is 352 g/mol.